The summed E-state index contributed by atoms with van der Waals surface area (Å²) in [5, 5.41) is 5.75. The average Bonchev–Trinajstić information content (AvgIpc) is 2.58. The van der Waals surface area contributed by atoms with Crippen LogP contribution in [-0.2, 0) is 16.9 Å². The Hall–Kier alpha value is -2.32. The lowest BCUT2D eigenvalue weighted by Crippen LogP contribution is -2.41. The van der Waals surface area contributed by atoms with Crippen LogP contribution in [0.1, 0.15) is 31.9 Å². The first kappa shape index (κ1) is 18.5. The van der Waals surface area contributed by atoms with Crippen molar-refractivity contribution in [2.24, 2.45) is 0 Å². The topological polar surface area (TPSA) is 116 Å². The number of rotatable bonds is 6. The van der Waals surface area contributed by atoms with Gasteiger partial charge in [-0.15, -0.1) is 0 Å². The van der Waals surface area contributed by atoms with Gasteiger partial charge >= 0.3 is 6.03 Å². The summed E-state index contributed by atoms with van der Waals surface area (Å²) < 4.78 is 11.8. The van der Waals surface area contributed by atoms with Gasteiger partial charge in [-0.1, -0.05) is 0 Å². The van der Waals surface area contributed by atoms with Crippen LogP contribution < -0.4 is 16.4 Å². The number of aromatic nitrogens is 2. The molecule has 1 atom stereocenters. The van der Waals surface area contributed by atoms with Crippen LogP contribution in [0.25, 0.3) is 11.4 Å². The molecule has 1 aliphatic carbocycles. The molecule has 1 saturated carbocycles. The Kier molecular flexibility index (Phi) is 5.95. The van der Waals surface area contributed by atoms with Crippen molar-refractivity contribution in [3.05, 3.63) is 36.0 Å². The average molecular weight is 373 g/mol. The van der Waals surface area contributed by atoms with Crippen molar-refractivity contribution in [2.45, 2.75) is 38.0 Å². The minimum absolute atomic E-state index is 0.188. The predicted molar refractivity (Wildman–Crippen MR) is 104 cm³/mol. The van der Waals surface area contributed by atoms with Gasteiger partial charge in [-0.3, -0.25) is 0 Å². The summed E-state index contributed by atoms with van der Waals surface area (Å²) in [6, 6.07) is 9.01. The summed E-state index contributed by atoms with van der Waals surface area (Å²) in [6.45, 7) is 1.87. The fourth-order valence-electron chi connectivity index (χ4n) is 2.60. The summed E-state index contributed by atoms with van der Waals surface area (Å²) in [5.74, 6) is 1.76. The van der Waals surface area contributed by atoms with E-state index in [0.717, 1.165) is 18.4 Å². The molecule has 4 N–H and O–H groups in total. The fraction of sp³-hybridized carbons (Fsp3) is 0.389. The molecule has 0 spiro atoms. The number of nitrogen functional groups attached to an aromatic ring is 1. The zero-order chi connectivity index (χ0) is 18.5. The number of urea groups is 1. The fourth-order valence-corrected chi connectivity index (χ4v) is 3.28. The molecular weight excluding hydrogens is 350 g/mol. The Morgan fingerprint density at radius 1 is 1.31 bits per heavy atom. The molecule has 26 heavy (non-hydrogen) atoms. The van der Waals surface area contributed by atoms with Crippen LogP contribution in [0.2, 0.25) is 0 Å². The van der Waals surface area contributed by atoms with E-state index in [1.54, 1.807) is 18.2 Å². The molecule has 138 valence electrons. The van der Waals surface area contributed by atoms with E-state index in [4.69, 9.17) is 5.73 Å². The first-order chi connectivity index (χ1) is 12.5. The Morgan fingerprint density at radius 3 is 2.65 bits per heavy atom. The van der Waals surface area contributed by atoms with Gasteiger partial charge in [-0.25, -0.2) is 14.8 Å². The lowest BCUT2D eigenvalue weighted by molar-refractivity contribution is 0.240. The quantitative estimate of drug-likeness (QED) is 0.673. The number of nitrogens with zero attached hydrogens (tertiary/aromatic N) is 2. The molecular formula is C18H23N5O2S. The monoisotopic (exact) mass is 373 g/mol. The highest BCUT2D eigenvalue weighted by molar-refractivity contribution is 7.90. The molecule has 0 radical (unpaired) electrons. The standard InChI is InChI=1S/C18H23N5O2S/c1-2-26(25)11-15-10-16(19)23-17(20-15)12-6-8-14(9-7-12)22-18(24)21-13-4-3-5-13/h6-10,13H,2-5,11H2,1H3,(H2,19,20,23)(H2,21,22,24). The lowest BCUT2D eigenvalue weighted by atomic mass is 9.93. The first-order valence-corrected chi connectivity index (χ1v) is 10.2. The van der Waals surface area contributed by atoms with E-state index in [9.17, 15) is 9.35 Å². The highest BCUT2D eigenvalue weighted by atomic mass is 32.2. The van der Waals surface area contributed by atoms with Gasteiger partial charge in [0.15, 0.2) is 5.82 Å². The van der Waals surface area contributed by atoms with Gasteiger partial charge in [-0.05, 0) is 61.6 Å². The van der Waals surface area contributed by atoms with E-state index in [1.807, 2.05) is 19.1 Å². The highest BCUT2D eigenvalue weighted by Gasteiger charge is 2.19. The normalized spacial score (nSPS) is 15.2. The zero-order valence-electron chi connectivity index (χ0n) is 14.7. The summed E-state index contributed by atoms with van der Waals surface area (Å²) in [6.07, 6.45) is 3.27. The van der Waals surface area contributed by atoms with Crippen molar-refractivity contribution in [3.8, 4) is 11.4 Å². The van der Waals surface area contributed by atoms with E-state index in [0.29, 0.717) is 40.6 Å². The second-order valence-corrected chi connectivity index (χ2v) is 8.03. The van der Waals surface area contributed by atoms with Gasteiger partial charge < -0.3 is 20.9 Å². The van der Waals surface area contributed by atoms with Crippen molar-refractivity contribution in [2.75, 3.05) is 16.8 Å². The molecule has 0 bridgehead atoms. The number of benzene rings is 1. The third kappa shape index (κ3) is 4.86. The molecule has 8 heteroatoms. The summed E-state index contributed by atoms with van der Waals surface area (Å²) >= 11 is -0.963. The highest BCUT2D eigenvalue weighted by Crippen LogP contribution is 2.21. The minimum Gasteiger partial charge on any atom is -0.616 e. The summed E-state index contributed by atoms with van der Waals surface area (Å²) in [7, 11) is 0. The second-order valence-electron chi connectivity index (χ2n) is 6.28. The van der Waals surface area contributed by atoms with Crippen LogP contribution in [0.5, 0.6) is 0 Å². The Morgan fingerprint density at radius 2 is 2.04 bits per heavy atom. The van der Waals surface area contributed by atoms with Crippen LogP contribution in [0.4, 0.5) is 16.3 Å². The molecule has 2 aromatic rings. The molecule has 1 fully saturated rings. The third-order valence-corrected chi connectivity index (χ3v) is 5.53. The van der Waals surface area contributed by atoms with E-state index >= 15 is 0 Å². The predicted octanol–water partition coefficient (Wildman–Crippen LogP) is 2.67. The maximum Gasteiger partial charge on any atom is 0.319 e. The smallest absolute Gasteiger partial charge is 0.319 e. The molecule has 1 aromatic carbocycles. The molecule has 1 unspecified atom stereocenters. The summed E-state index contributed by atoms with van der Waals surface area (Å²) in [5.41, 5.74) is 8.00. The van der Waals surface area contributed by atoms with E-state index < -0.39 is 11.2 Å². The van der Waals surface area contributed by atoms with Crippen molar-refractivity contribution < 1.29 is 9.35 Å². The number of amides is 2. The largest absolute Gasteiger partial charge is 0.616 e. The number of nitrogens with two attached hydrogens (primary N) is 1. The third-order valence-electron chi connectivity index (χ3n) is 4.27. The maximum absolute atomic E-state index is 11.9. The molecule has 1 aliphatic rings. The van der Waals surface area contributed by atoms with E-state index in [2.05, 4.69) is 20.6 Å². The van der Waals surface area contributed by atoms with E-state index in [1.165, 1.54) is 6.42 Å². The maximum atomic E-state index is 11.9. The number of nitrogens with one attached hydrogen (secondary N) is 2. The number of hydrogen-bond donors (Lipinski definition) is 3. The van der Waals surface area contributed by atoms with Crippen molar-refractivity contribution in [1.29, 1.82) is 0 Å². The van der Waals surface area contributed by atoms with Crippen LogP contribution in [-0.4, -0.2) is 32.3 Å². The second kappa shape index (κ2) is 8.37. The van der Waals surface area contributed by atoms with Crippen LogP contribution in [0.15, 0.2) is 30.3 Å². The minimum atomic E-state index is -0.963. The van der Waals surface area contributed by atoms with Gasteiger partial charge in [0.05, 0.1) is 5.69 Å². The zero-order valence-corrected chi connectivity index (χ0v) is 15.5. The summed E-state index contributed by atoms with van der Waals surface area (Å²) in [4.78, 5) is 20.6. The number of anilines is 2. The van der Waals surface area contributed by atoms with Gasteiger partial charge in [0.2, 0.25) is 0 Å². The molecule has 3 rings (SSSR count). The number of hydrogen-bond acceptors (Lipinski definition) is 5. The van der Waals surface area contributed by atoms with Crippen LogP contribution in [0.3, 0.4) is 0 Å². The van der Waals surface area contributed by atoms with Gasteiger partial charge in [-0.2, -0.15) is 0 Å². The van der Waals surface area contributed by atoms with Gasteiger partial charge in [0.25, 0.3) is 0 Å². The van der Waals surface area contributed by atoms with E-state index in [-0.39, 0.29) is 6.03 Å². The van der Waals surface area contributed by atoms with Gasteiger partial charge in [0, 0.05) is 23.4 Å². The van der Waals surface area contributed by atoms with Crippen molar-refractivity contribution in [3.63, 3.8) is 0 Å². The molecule has 0 saturated heterocycles. The van der Waals surface area contributed by atoms with Crippen LogP contribution >= 0.6 is 0 Å². The first-order valence-electron chi connectivity index (χ1n) is 8.70. The SMILES string of the molecule is CC[S+]([O-])Cc1cc(N)nc(-c2ccc(NC(=O)NC3CCC3)cc2)n1. The molecule has 0 aliphatic heterocycles. The Bertz CT molecular complexity index is 765. The Labute approximate surface area is 156 Å². The van der Waals surface area contributed by atoms with Crippen LogP contribution in [0, 0.1) is 0 Å². The van der Waals surface area contributed by atoms with Crippen molar-refractivity contribution >= 4 is 28.7 Å². The lowest BCUT2D eigenvalue weighted by Gasteiger charge is -2.26. The molecule has 1 aromatic heterocycles. The number of carbonyl (C=O) groups is 1. The number of carbonyl (C=O) groups excluding carboxylic acids is 1. The van der Waals surface area contributed by atoms with Gasteiger partial charge in [0.1, 0.15) is 17.3 Å². The Balaban J connectivity index is 1.68. The molecule has 1 heterocycles. The van der Waals surface area contributed by atoms with Crippen molar-refractivity contribution in [1.82, 2.24) is 15.3 Å². The molecule has 2 amide bonds. The molecule has 7 nitrogen and oxygen atoms in total.